The summed E-state index contributed by atoms with van der Waals surface area (Å²) in [5.74, 6) is -0.668. The van der Waals surface area contributed by atoms with E-state index in [0.717, 1.165) is 28.2 Å². The molecular formula is C19H21N3O2S. The minimum absolute atomic E-state index is 0.181. The summed E-state index contributed by atoms with van der Waals surface area (Å²) in [4.78, 5) is 25.0. The molecule has 5 nitrogen and oxygen atoms in total. The molecule has 0 spiro atoms. The lowest BCUT2D eigenvalue weighted by Crippen LogP contribution is -2.17. The zero-order valence-electron chi connectivity index (χ0n) is 15.0. The van der Waals surface area contributed by atoms with E-state index in [0.29, 0.717) is 21.0 Å². The van der Waals surface area contributed by atoms with Crippen LogP contribution in [0.1, 0.15) is 45.8 Å². The van der Waals surface area contributed by atoms with Gasteiger partial charge < -0.3 is 10.6 Å². The van der Waals surface area contributed by atoms with Crippen molar-refractivity contribution in [1.82, 2.24) is 0 Å². The minimum Gasteiger partial charge on any atom is -0.321 e. The standard InChI is InChI=1S/C19H21N3O2S/c1-10(2)17(23)22-19-14(9-20)13(5)16(25-19)18(24)21-15-8-6-7-11(3)12(15)4/h6-8,10H,1-5H3,(H,21,24)(H,22,23). The molecule has 2 amide bonds. The van der Waals surface area contributed by atoms with Gasteiger partial charge in [-0.2, -0.15) is 5.26 Å². The van der Waals surface area contributed by atoms with Crippen LogP contribution in [-0.2, 0) is 4.79 Å². The molecule has 0 aliphatic rings. The number of aryl methyl sites for hydroxylation is 1. The summed E-state index contributed by atoms with van der Waals surface area (Å²) in [7, 11) is 0. The van der Waals surface area contributed by atoms with Gasteiger partial charge in [-0.15, -0.1) is 11.3 Å². The zero-order chi connectivity index (χ0) is 18.7. The van der Waals surface area contributed by atoms with Crippen LogP contribution in [0.15, 0.2) is 18.2 Å². The van der Waals surface area contributed by atoms with Gasteiger partial charge in [0.2, 0.25) is 5.91 Å². The fourth-order valence-electron chi connectivity index (χ4n) is 2.27. The lowest BCUT2D eigenvalue weighted by atomic mass is 10.1. The molecule has 130 valence electrons. The van der Waals surface area contributed by atoms with Crippen LogP contribution in [0.2, 0.25) is 0 Å². The van der Waals surface area contributed by atoms with Crippen LogP contribution in [-0.4, -0.2) is 11.8 Å². The molecule has 0 aliphatic heterocycles. The number of thiophene rings is 1. The van der Waals surface area contributed by atoms with Crippen molar-refractivity contribution in [2.75, 3.05) is 10.6 Å². The first-order valence-electron chi connectivity index (χ1n) is 7.98. The first-order chi connectivity index (χ1) is 11.8. The summed E-state index contributed by atoms with van der Waals surface area (Å²) in [6, 6.07) is 7.79. The summed E-state index contributed by atoms with van der Waals surface area (Å²) >= 11 is 1.13. The Morgan fingerprint density at radius 1 is 1.12 bits per heavy atom. The molecule has 0 bridgehead atoms. The van der Waals surface area contributed by atoms with E-state index in [1.807, 2.05) is 32.0 Å². The van der Waals surface area contributed by atoms with Gasteiger partial charge in [0.05, 0.1) is 10.4 Å². The SMILES string of the molecule is Cc1cccc(NC(=O)c2sc(NC(=O)C(C)C)c(C#N)c2C)c1C. The van der Waals surface area contributed by atoms with Gasteiger partial charge >= 0.3 is 0 Å². The summed E-state index contributed by atoms with van der Waals surface area (Å²) < 4.78 is 0. The van der Waals surface area contributed by atoms with E-state index in [9.17, 15) is 14.9 Å². The Bertz CT molecular complexity index is 876. The number of nitriles is 1. The average molecular weight is 355 g/mol. The Labute approximate surface area is 151 Å². The topological polar surface area (TPSA) is 82.0 Å². The van der Waals surface area contributed by atoms with Crippen molar-refractivity contribution in [1.29, 1.82) is 5.26 Å². The van der Waals surface area contributed by atoms with E-state index >= 15 is 0 Å². The quantitative estimate of drug-likeness (QED) is 0.853. The second-order valence-corrected chi connectivity index (χ2v) is 7.24. The Kier molecular flexibility index (Phi) is 5.60. The van der Waals surface area contributed by atoms with Gasteiger partial charge in [-0.25, -0.2) is 0 Å². The summed E-state index contributed by atoms with van der Waals surface area (Å²) in [6.07, 6.45) is 0. The van der Waals surface area contributed by atoms with Gasteiger partial charge in [0.15, 0.2) is 0 Å². The van der Waals surface area contributed by atoms with Crippen molar-refractivity contribution in [3.8, 4) is 6.07 Å². The third-order valence-electron chi connectivity index (χ3n) is 4.08. The number of carbonyl (C=O) groups excluding carboxylic acids is 2. The molecule has 0 saturated heterocycles. The van der Waals surface area contributed by atoms with Crippen molar-refractivity contribution in [2.45, 2.75) is 34.6 Å². The molecule has 0 fully saturated rings. The van der Waals surface area contributed by atoms with E-state index < -0.39 is 0 Å². The number of hydrogen-bond donors (Lipinski definition) is 2. The van der Waals surface area contributed by atoms with E-state index in [-0.39, 0.29) is 17.7 Å². The lowest BCUT2D eigenvalue weighted by Gasteiger charge is -2.09. The Morgan fingerprint density at radius 3 is 2.40 bits per heavy atom. The molecule has 1 heterocycles. The monoisotopic (exact) mass is 355 g/mol. The lowest BCUT2D eigenvalue weighted by molar-refractivity contribution is -0.118. The van der Waals surface area contributed by atoms with Crippen molar-refractivity contribution < 1.29 is 9.59 Å². The number of rotatable bonds is 4. The van der Waals surface area contributed by atoms with Gasteiger partial charge in [0, 0.05) is 11.6 Å². The average Bonchev–Trinajstić information content (AvgIpc) is 2.87. The molecule has 2 rings (SSSR count). The Hall–Kier alpha value is -2.65. The molecule has 1 aromatic heterocycles. The highest BCUT2D eigenvalue weighted by Gasteiger charge is 2.22. The zero-order valence-corrected chi connectivity index (χ0v) is 15.8. The molecule has 2 aromatic rings. The summed E-state index contributed by atoms with van der Waals surface area (Å²) in [6.45, 7) is 9.19. The van der Waals surface area contributed by atoms with Gasteiger partial charge in [-0.05, 0) is 43.5 Å². The molecule has 1 aromatic carbocycles. The van der Waals surface area contributed by atoms with Crippen LogP contribution >= 0.6 is 11.3 Å². The molecule has 0 unspecified atom stereocenters. The maximum Gasteiger partial charge on any atom is 0.266 e. The number of benzene rings is 1. The minimum atomic E-state index is -0.280. The van der Waals surface area contributed by atoms with E-state index in [2.05, 4.69) is 16.7 Å². The van der Waals surface area contributed by atoms with Crippen molar-refractivity contribution in [3.05, 3.63) is 45.3 Å². The molecule has 0 radical (unpaired) electrons. The largest absolute Gasteiger partial charge is 0.321 e. The number of carbonyl (C=O) groups is 2. The summed E-state index contributed by atoms with van der Waals surface area (Å²) in [5, 5.41) is 15.4. The molecule has 0 aliphatic carbocycles. The first-order valence-corrected chi connectivity index (χ1v) is 8.79. The highest BCUT2D eigenvalue weighted by atomic mass is 32.1. The normalized spacial score (nSPS) is 10.4. The van der Waals surface area contributed by atoms with E-state index in [1.54, 1.807) is 20.8 Å². The van der Waals surface area contributed by atoms with Crippen molar-refractivity contribution in [2.24, 2.45) is 5.92 Å². The molecule has 6 heteroatoms. The second kappa shape index (κ2) is 7.49. The van der Waals surface area contributed by atoms with E-state index in [4.69, 9.17) is 0 Å². The number of anilines is 2. The maximum atomic E-state index is 12.7. The second-order valence-electron chi connectivity index (χ2n) is 6.22. The third-order valence-corrected chi connectivity index (χ3v) is 5.28. The molecule has 0 saturated carbocycles. The van der Waals surface area contributed by atoms with Crippen LogP contribution in [0.5, 0.6) is 0 Å². The van der Waals surface area contributed by atoms with Crippen molar-refractivity contribution >= 4 is 33.8 Å². The Balaban J connectivity index is 2.34. The molecule has 0 atom stereocenters. The van der Waals surface area contributed by atoms with Crippen LogP contribution in [0.4, 0.5) is 10.7 Å². The number of amides is 2. The van der Waals surface area contributed by atoms with Gasteiger partial charge in [0.25, 0.3) is 5.91 Å². The van der Waals surface area contributed by atoms with Gasteiger partial charge in [-0.1, -0.05) is 26.0 Å². The number of hydrogen-bond acceptors (Lipinski definition) is 4. The van der Waals surface area contributed by atoms with Crippen molar-refractivity contribution in [3.63, 3.8) is 0 Å². The smallest absolute Gasteiger partial charge is 0.266 e. The first kappa shape index (κ1) is 18.7. The number of nitrogens with zero attached hydrogens (tertiary/aromatic N) is 1. The third kappa shape index (κ3) is 3.89. The fourth-order valence-corrected chi connectivity index (χ4v) is 3.33. The van der Waals surface area contributed by atoms with E-state index in [1.165, 1.54) is 0 Å². The predicted molar refractivity (Wildman–Crippen MR) is 101 cm³/mol. The number of nitrogens with one attached hydrogen (secondary N) is 2. The van der Waals surface area contributed by atoms with Crippen LogP contribution in [0.25, 0.3) is 0 Å². The molecular weight excluding hydrogens is 334 g/mol. The van der Waals surface area contributed by atoms with Crippen LogP contribution in [0, 0.1) is 38.0 Å². The van der Waals surface area contributed by atoms with Crippen LogP contribution < -0.4 is 10.6 Å². The highest BCUT2D eigenvalue weighted by molar-refractivity contribution is 7.18. The molecule has 2 N–H and O–H groups in total. The Morgan fingerprint density at radius 2 is 1.80 bits per heavy atom. The maximum absolute atomic E-state index is 12.7. The molecule has 25 heavy (non-hydrogen) atoms. The summed E-state index contributed by atoms with van der Waals surface area (Å²) in [5.41, 5.74) is 3.74. The van der Waals surface area contributed by atoms with Gasteiger partial charge in [-0.3, -0.25) is 9.59 Å². The predicted octanol–water partition coefficient (Wildman–Crippen LogP) is 4.39. The van der Waals surface area contributed by atoms with Crippen LogP contribution in [0.3, 0.4) is 0 Å². The fraction of sp³-hybridized carbons (Fsp3) is 0.316. The highest BCUT2D eigenvalue weighted by Crippen LogP contribution is 2.33. The van der Waals surface area contributed by atoms with Gasteiger partial charge in [0.1, 0.15) is 11.1 Å².